The molecule has 1 fully saturated rings. The molecule has 4 nitrogen and oxygen atoms in total. The van der Waals surface area contributed by atoms with Gasteiger partial charge < -0.3 is 4.74 Å². The maximum absolute atomic E-state index is 11.6. The van der Waals surface area contributed by atoms with Crippen molar-refractivity contribution in [2.75, 3.05) is 13.7 Å². The average molecular weight is 201 g/mol. The quantitative estimate of drug-likeness (QED) is 0.646. The summed E-state index contributed by atoms with van der Waals surface area (Å²) >= 11 is 0. The molecule has 4 heteroatoms. The standard InChI is InChI=1S/C10H19NO3/c1-5-10(9(12)13-4)6-7-11(14-10)8(2)3/h8H,5-7H2,1-4H3. The van der Waals surface area contributed by atoms with Crippen LogP contribution in [0.4, 0.5) is 0 Å². The maximum Gasteiger partial charge on any atom is 0.340 e. The molecule has 1 rings (SSSR count). The molecule has 1 unspecified atom stereocenters. The lowest BCUT2D eigenvalue weighted by Gasteiger charge is -2.26. The van der Waals surface area contributed by atoms with Crippen LogP contribution in [-0.4, -0.2) is 36.3 Å². The van der Waals surface area contributed by atoms with Gasteiger partial charge in [-0.15, -0.1) is 0 Å². The molecule has 0 spiro atoms. The van der Waals surface area contributed by atoms with Gasteiger partial charge in [0.25, 0.3) is 0 Å². The Kier molecular flexibility index (Phi) is 3.50. The van der Waals surface area contributed by atoms with Gasteiger partial charge in [-0.2, -0.15) is 5.06 Å². The van der Waals surface area contributed by atoms with Crippen molar-refractivity contribution in [2.45, 2.75) is 45.3 Å². The number of esters is 1. The predicted molar refractivity (Wildman–Crippen MR) is 52.6 cm³/mol. The van der Waals surface area contributed by atoms with Gasteiger partial charge in [-0.25, -0.2) is 4.79 Å². The molecule has 0 aromatic carbocycles. The molecule has 0 N–H and O–H groups in total. The molecule has 0 radical (unpaired) electrons. The Labute approximate surface area is 85.1 Å². The van der Waals surface area contributed by atoms with E-state index in [0.29, 0.717) is 18.9 Å². The van der Waals surface area contributed by atoms with Gasteiger partial charge in [-0.3, -0.25) is 4.84 Å². The molecule has 0 bridgehead atoms. The van der Waals surface area contributed by atoms with E-state index in [1.165, 1.54) is 7.11 Å². The summed E-state index contributed by atoms with van der Waals surface area (Å²) in [5.41, 5.74) is -0.737. The number of rotatable bonds is 3. The molecule has 1 aliphatic heterocycles. The summed E-state index contributed by atoms with van der Waals surface area (Å²) in [7, 11) is 1.40. The number of hydroxylamine groups is 2. The molecule has 1 atom stereocenters. The number of carbonyl (C=O) groups is 1. The second kappa shape index (κ2) is 4.28. The van der Waals surface area contributed by atoms with Gasteiger partial charge in [0.15, 0.2) is 5.60 Å². The van der Waals surface area contributed by atoms with Crippen molar-refractivity contribution in [3.63, 3.8) is 0 Å². The van der Waals surface area contributed by atoms with Gasteiger partial charge in [0.1, 0.15) is 0 Å². The maximum atomic E-state index is 11.6. The minimum Gasteiger partial charge on any atom is -0.467 e. The van der Waals surface area contributed by atoms with Gasteiger partial charge in [-0.05, 0) is 20.3 Å². The molecule has 0 saturated carbocycles. The van der Waals surface area contributed by atoms with E-state index in [9.17, 15) is 4.79 Å². The number of carbonyl (C=O) groups excluding carboxylic acids is 1. The summed E-state index contributed by atoms with van der Waals surface area (Å²) < 4.78 is 4.77. The fourth-order valence-corrected chi connectivity index (χ4v) is 1.68. The molecule has 1 saturated heterocycles. The van der Waals surface area contributed by atoms with E-state index >= 15 is 0 Å². The van der Waals surface area contributed by atoms with E-state index in [1.54, 1.807) is 0 Å². The molecule has 82 valence electrons. The zero-order valence-electron chi connectivity index (χ0n) is 9.37. The van der Waals surface area contributed by atoms with Crippen LogP contribution in [0.15, 0.2) is 0 Å². The van der Waals surface area contributed by atoms with Gasteiger partial charge >= 0.3 is 5.97 Å². The monoisotopic (exact) mass is 201 g/mol. The summed E-state index contributed by atoms with van der Waals surface area (Å²) in [6.07, 6.45) is 1.37. The Morgan fingerprint density at radius 1 is 1.64 bits per heavy atom. The SMILES string of the molecule is CCC1(C(=O)OC)CCN(C(C)C)O1. The number of ether oxygens (including phenoxy) is 1. The number of nitrogens with zero attached hydrogens (tertiary/aromatic N) is 1. The Balaban J connectivity index is 2.71. The van der Waals surface area contributed by atoms with E-state index in [1.807, 2.05) is 25.8 Å². The average Bonchev–Trinajstić information content (AvgIpc) is 2.62. The Hall–Kier alpha value is -0.610. The fraction of sp³-hybridized carbons (Fsp3) is 0.900. The summed E-state index contributed by atoms with van der Waals surface area (Å²) in [6.45, 7) is 6.83. The topological polar surface area (TPSA) is 38.8 Å². The second-order valence-corrected chi connectivity index (χ2v) is 3.92. The number of hydrogen-bond acceptors (Lipinski definition) is 4. The van der Waals surface area contributed by atoms with E-state index in [2.05, 4.69) is 0 Å². The van der Waals surface area contributed by atoms with Crippen LogP contribution in [0.2, 0.25) is 0 Å². The Morgan fingerprint density at radius 3 is 2.64 bits per heavy atom. The zero-order valence-corrected chi connectivity index (χ0v) is 9.37. The molecular formula is C10H19NO3. The molecular weight excluding hydrogens is 182 g/mol. The fourth-order valence-electron chi connectivity index (χ4n) is 1.68. The van der Waals surface area contributed by atoms with Crippen molar-refractivity contribution >= 4 is 5.97 Å². The van der Waals surface area contributed by atoms with Crippen LogP contribution < -0.4 is 0 Å². The Bertz CT molecular complexity index is 217. The second-order valence-electron chi connectivity index (χ2n) is 3.92. The highest BCUT2D eigenvalue weighted by Crippen LogP contribution is 2.31. The van der Waals surface area contributed by atoms with Crippen LogP contribution in [-0.2, 0) is 14.4 Å². The van der Waals surface area contributed by atoms with Crippen molar-refractivity contribution in [3.05, 3.63) is 0 Å². The molecule has 0 aromatic rings. The third-order valence-corrected chi connectivity index (χ3v) is 2.73. The smallest absolute Gasteiger partial charge is 0.340 e. The van der Waals surface area contributed by atoms with E-state index < -0.39 is 5.60 Å². The van der Waals surface area contributed by atoms with Crippen LogP contribution in [0, 0.1) is 0 Å². The van der Waals surface area contributed by atoms with E-state index in [-0.39, 0.29) is 5.97 Å². The van der Waals surface area contributed by atoms with Crippen LogP contribution in [0.25, 0.3) is 0 Å². The largest absolute Gasteiger partial charge is 0.467 e. The van der Waals surface area contributed by atoms with Crippen molar-refractivity contribution in [1.82, 2.24) is 5.06 Å². The normalized spacial score (nSPS) is 28.4. The third-order valence-electron chi connectivity index (χ3n) is 2.73. The molecule has 0 amide bonds. The van der Waals surface area contributed by atoms with Gasteiger partial charge in [-0.1, -0.05) is 6.92 Å². The highest BCUT2D eigenvalue weighted by Gasteiger charge is 2.46. The first-order chi connectivity index (χ1) is 6.55. The van der Waals surface area contributed by atoms with Crippen molar-refractivity contribution in [2.24, 2.45) is 0 Å². The van der Waals surface area contributed by atoms with E-state index in [4.69, 9.17) is 9.57 Å². The van der Waals surface area contributed by atoms with Gasteiger partial charge in [0.05, 0.1) is 7.11 Å². The summed E-state index contributed by atoms with van der Waals surface area (Å²) in [4.78, 5) is 17.2. The lowest BCUT2D eigenvalue weighted by molar-refractivity contribution is -0.223. The molecule has 0 aromatic heterocycles. The highest BCUT2D eigenvalue weighted by molar-refractivity contribution is 5.79. The first-order valence-electron chi connectivity index (χ1n) is 5.10. The summed E-state index contributed by atoms with van der Waals surface area (Å²) in [5, 5.41) is 1.85. The lowest BCUT2D eigenvalue weighted by Crippen LogP contribution is -2.41. The van der Waals surface area contributed by atoms with Crippen LogP contribution in [0.3, 0.4) is 0 Å². The van der Waals surface area contributed by atoms with Crippen molar-refractivity contribution in [3.8, 4) is 0 Å². The molecule has 1 aliphatic rings. The van der Waals surface area contributed by atoms with Gasteiger partial charge in [0.2, 0.25) is 0 Å². The summed E-state index contributed by atoms with van der Waals surface area (Å²) in [6, 6.07) is 0.299. The lowest BCUT2D eigenvalue weighted by atomic mass is 9.98. The van der Waals surface area contributed by atoms with Crippen molar-refractivity contribution in [1.29, 1.82) is 0 Å². The molecule has 1 heterocycles. The first kappa shape index (κ1) is 11.5. The molecule has 0 aliphatic carbocycles. The summed E-state index contributed by atoms with van der Waals surface area (Å²) in [5.74, 6) is -0.261. The van der Waals surface area contributed by atoms with E-state index in [0.717, 1.165) is 6.54 Å². The first-order valence-corrected chi connectivity index (χ1v) is 5.10. The van der Waals surface area contributed by atoms with Crippen LogP contribution >= 0.6 is 0 Å². The zero-order chi connectivity index (χ0) is 10.8. The highest BCUT2D eigenvalue weighted by atomic mass is 16.7. The van der Waals surface area contributed by atoms with Crippen LogP contribution in [0.1, 0.15) is 33.6 Å². The number of methoxy groups -OCH3 is 1. The van der Waals surface area contributed by atoms with Crippen LogP contribution in [0.5, 0.6) is 0 Å². The van der Waals surface area contributed by atoms with Crippen molar-refractivity contribution < 1.29 is 14.4 Å². The Morgan fingerprint density at radius 2 is 2.29 bits per heavy atom. The predicted octanol–water partition coefficient (Wildman–Crippen LogP) is 1.35. The minimum absolute atomic E-state index is 0.261. The third kappa shape index (κ3) is 1.91. The number of hydrogen-bond donors (Lipinski definition) is 0. The van der Waals surface area contributed by atoms with Gasteiger partial charge in [0, 0.05) is 19.0 Å². The molecule has 14 heavy (non-hydrogen) atoms. The minimum atomic E-state index is -0.737.